The molecule has 1 aromatic carbocycles. The van der Waals surface area contributed by atoms with Crippen LogP contribution in [-0.4, -0.2) is 44.6 Å². The van der Waals surface area contributed by atoms with Crippen molar-refractivity contribution >= 4 is 21.6 Å². The van der Waals surface area contributed by atoms with Crippen molar-refractivity contribution in [1.29, 1.82) is 0 Å². The molecule has 6 heteroatoms. The minimum Gasteiger partial charge on any atom is -0.339 e. The number of anilines is 1. The highest BCUT2D eigenvalue weighted by molar-refractivity contribution is 7.93. The van der Waals surface area contributed by atoms with E-state index in [9.17, 15) is 13.2 Å². The predicted molar refractivity (Wildman–Crippen MR) is 72.7 cm³/mol. The summed E-state index contributed by atoms with van der Waals surface area (Å²) in [5.74, 6) is 0.239. The van der Waals surface area contributed by atoms with E-state index in [1.54, 1.807) is 29.2 Å². The van der Waals surface area contributed by atoms with Crippen molar-refractivity contribution in [3.63, 3.8) is 0 Å². The zero-order valence-corrected chi connectivity index (χ0v) is 11.4. The molecule has 0 unspecified atom stereocenters. The van der Waals surface area contributed by atoms with Crippen LogP contribution in [0.2, 0.25) is 0 Å². The Hall–Kier alpha value is -1.56. The van der Waals surface area contributed by atoms with Crippen molar-refractivity contribution in [3.05, 3.63) is 29.8 Å². The molecule has 2 aliphatic rings. The van der Waals surface area contributed by atoms with Crippen LogP contribution in [0, 0.1) is 0 Å². The summed E-state index contributed by atoms with van der Waals surface area (Å²) >= 11 is 0. The van der Waals surface area contributed by atoms with Gasteiger partial charge in [0.05, 0.1) is 11.4 Å². The van der Waals surface area contributed by atoms with Gasteiger partial charge in [-0.15, -0.1) is 0 Å². The van der Waals surface area contributed by atoms with Crippen molar-refractivity contribution in [3.8, 4) is 0 Å². The van der Waals surface area contributed by atoms with E-state index in [1.165, 1.54) is 4.31 Å². The Bertz CT molecular complexity index is 591. The Labute approximate surface area is 112 Å². The fraction of sp³-hybridized carbons (Fsp3) is 0.462. The van der Waals surface area contributed by atoms with E-state index in [1.807, 2.05) is 0 Å². The molecule has 2 saturated heterocycles. The molecule has 3 rings (SSSR count). The van der Waals surface area contributed by atoms with Crippen molar-refractivity contribution in [1.82, 2.24) is 4.90 Å². The van der Waals surface area contributed by atoms with E-state index in [0.717, 1.165) is 19.5 Å². The van der Waals surface area contributed by atoms with E-state index in [2.05, 4.69) is 0 Å². The lowest BCUT2D eigenvalue weighted by atomic mass is 10.1. The van der Waals surface area contributed by atoms with Crippen LogP contribution >= 0.6 is 0 Å². The van der Waals surface area contributed by atoms with Gasteiger partial charge in [-0.1, -0.05) is 0 Å². The molecule has 2 heterocycles. The molecule has 0 atom stereocenters. The van der Waals surface area contributed by atoms with Crippen LogP contribution < -0.4 is 4.31 Å². The molecule has 0 bridgehead atoms. The van der Waals surface area contributed by atoms with Gasteiger partial charge in [-0.25, -0.2) is 8.42 Å². The third-order valence-corrected chi connectivity index (χ3v) is 5.51. The van der Waals surface area contributed by atoms with Crippen LogP contribution in [0.4, 0.5) is 5.69 Å². The summed E-state index contributed by atoms with van der Waals surface area (Å²) in [6.07, 6.45) is 1.73. The summed E-state index contributed by atoms with van der Waals surface area (Å²) < 4.78 is 25.0. The third-order valence-electron chi connectivity index (χ3n) is 3.64. The fourth-order valence-electron chi connectivity index (χ4n) is 2.40. The number of hydrogen-bond donors (Lipinski definition) is 0. The summed E-state index contributed by atoms with van der Waals surface area (Å²) in [6.45, 7) is 2.17. The van der Waals surface area contributed by atoms with Gasteiger partial charge in [0.25, 0.3) is 5.91 Å². The molecule has 1 aromatic rings. The highest BCUT2D eigenvalue weighted by Gasteiger charge is 2.28. The maximum atomic E-state index is 12.0. The fourth-order valence-corrected chi connectivity index (χ4v) is 3.97. The van der Waals surface area contributed by atoms with Gasteiger partial charge >= 0.3 is 0 Å². The number of benzene rings is 1. The highest BCUT2D eigenvalue weighted by Crippen LogP contribution is 2.24. The lowest BCUT2D eigenvalue weighted by molar-refractivity contribution is 0.0652. The van der Waals surface area contributed by atoms with Crippen molar-refractivity contribution in [2.75, 3.05) is 29.7 Å². The Balaban J connectivity index is 1.81. The molecule has 0 saturated carbocycles. The first kappa shape index (κ1) is 12.5. The van der Waals surface area contributed by atoms with Gasteiger partial charge < -0.3 is 4.90 Å². The van der Waals surface area contributed by atoms with Gasteiger partial charge in [-0.05, 0) is 37.1 Å². The molecule has 2 fully saturated rings. The first-order valence-electron chi connectivity index (χ1n) is 6.48. The van der Waals surface area contributed by atoms with Crippen LogP contribution in [0.25, 0.3) is 0 Å². The second-order valence-corrected chi connectivity index (χ2v) is 6.95. The second kappa shape index (κ2) is 4.52. The van der Waals surface area contributed by atoms with Gasteiger partial charge in [0, 0.05) is 25.2 Å². The third kappa shape index (κ3) is 2.20. The first-order valence-corrected chi connectivity index (χ1v) is 8.09. The smallest absolute Gasteiger partial charge is 0.253 e. The van der Waals surface area contributed by atoms with E-state index in [4.69, 9.17) is 0 Å². The Morgan fingerprint density at radius 3 is 2.16 bits per heavy atom. The van der Waals surface area contributed by atoms with Gasteiger partial charge in [0.2, 0.25) is 10.0 Å². The molecule has 0 aromatic heterocycles. The molecule has 0 N–H and O–H groups in total. The van der Waals surface area contributed by atoms with Gasteiger partial charge in [-0.2, -0.15) is 0 Å². The van der Waals surface area contributed by atoms with Gasteiger partial charge in [-0.3, -0.25) is 9.10 Å². The maximum absolute atomic E-state index is 12.0. The quantitative estimate of drug-likeness (QED) is 0.814. The number of carbonyl (C=O) groups is 1. The first-order chi connectivity index (χ1) is 9.08. The van der Waals surface area contributed by atoms with E-state index < -0.39 is 10.0 Å². The number of sulfonamides is 1. The summed E-state index contributed by atoms with van der Waals surface area (Å²) in [5.41, 5.74) is 1.28. The lowest BCUT2D eigenvalue weighted by Gasteiger charge is -2.31. The number of amides is 1. The number of likely N-dealkylation sites (tertiary alicyclic amines) is 1. The molecule has 19 heavy (non-hydrogen) atoms. The Morgan fingerprint density at radius 2 is 1.68 bits per heavy atom. The number of hydrogen-bond acceptors (Lipinski definition) is 3. The van der Waals surface area contributed by atoms with Gasteiger partial charge in [0.1, 0.15) is 0 Å². The zero-order chi connectivity index (χ0) is 13.5. The molecule has 0 radical (unpaired) electrons. The monoisotopic (exact) mass is 280 g/mol. The lowest BCUT2D eigenvalue weighted by Crippen LogP contribution is -2.42. The number of nitrogens with zero attached hydrogens (tertiary/aromatic N) is 2. The average Bonchev–Trinajstić information content (AvgIpc) is 2.67. The minimum absolute atomic E-state index is 0.0297. The Morgan fingerprint density at radius 1 is 1.00 bits per heavy atom. The van der Waals surface area contributed by atoms with Crippen molar-refractivity contribution in [2.24, 2.45) is 0 Å². The molecular formula is C13H16N2O3S. The summed E-state index contributed by atoms with van der Waals surface area (Å²) in [5, 5.41) is 0. The highest BCUT2D eigenvalue weighted by atomic mass is 32.2. The van der Waals surface area contributed by atoms with Crippen LogP contribution in [0.3, 0.4) is 0 Å². The summed E-state index contributed by atoms with van der Waals surface area (Å²) in [6, 6.07) is 6.86. The zero-order valence-electron chi connectivity index (χ0n) is 10.6. The summed E-state index contributed by atoms with van der Waals surface area (Å²) in [4.78, 5) is 13.8. The second-order valence-electron chi connectivity index (χ2n) is 4.93. The topological polar surface area (TPSA) is 57.7 Å². The van der Waals surface area contributed by atoms with E-state index in [0.29, 0.717) is 24.2 Å². The van der Waals surface area contributed by atoms with Crippen molar-refractivity contribution in [2.45, 2.75) is 12.8 Å². The molecule has 102 valence electrons. The SMILES string of the molecule is O=C(c1ccc(N2CCCS2(=O)=O)cc1)N1CCC1. The summed E-state index contributed by atoms with van der Waals surface area (Å²) in [7, 11) is -3.15. The normalized spacial score (nSPS) is 21.3. The van der Waals surface area contributed by atoms with Gasteiger partial charge in [0.15, 0.2) is 0 Å². The van der Waals surface area contributed by atoms with Crippen molar-refractivity contribution < 1.29 is 13.2 Å². The minimum atomic E-state index is -3.15. The average molecular weight is 280 g/mol. The van der Waals surface area contributed by atoms with Crippen LogP contribution in [0.5, 0.6) is 0 Å². The largest absolute Gasteiger partial charge is 0.339 e. The van der Waals surface area contributed by atoms with Crippen LogP contribution in [0.15, 0.2) is 24.3 Å². The molecule has 1 amide bonds. The molecule has 0 spiro atoms. The molecule has 5 nitrogen and oxygen atoms in total. The standard InChI is InChI=1S/C13H16N2O3S/c16-13(14-7-1-8-14)11-3-5-12(6-4-11)15-9-2-10-19(15,17)18/h3-6H,1-2,7-10H2. The van der Waals surface area contributed by atoms with Crippen LogP contribution in [0.1, 0.15) is 23.2 Å². The van der Waals surface area contributed by atoms with Crippen LogP contribution in [-0.2, 0) is 10.0 Å². The number of rotatable bonds is 2. The Kier molecular flexibility index (Phi) is 2.97. The number of carbonyl (C=O) groups excluding carboxylic acids is 1. The maximum Gasteiger partial charge on any atom is 0.253 e. The van der Waals surface area contributed by atoms with E-state index >= 15 is 0 Å². The molecule has 0 aliphatic carbocycles. The predicted octanol–water partition coefficient (Wildman–Crippen LogP) is 1.07. The molecule has 2 aliphatic heterocycles. The molecular weight excluding hydrogens is 264 g/mol. The van der Waals surface area contributed by atoms with E-state index in [-0.39, 0.29) is 11.7 Å².